The Kier molecular flexibility index (Phi) is 2.58. The van der Waals surface area contributed by atoms with Gasteiger partial charge in [-0.3, -0.25) is 0 Å². The second-order valence-corrected chi connectivity index (χ2v) is 4.69. The molecule has 0 spiro atoms. The third-order valence-electron chi connectivity index (χ3n) is 2.45. The number of benzene rings is 1. The summed E-state index contributed by atoms with van der Waals surface area (Å²) in [4.78, 5) is 0. The van der Waals surface area contributed by atoms with E-state index in [0.717, 1.165) is 16.1 Å². The molecular weight excluding hydrogens is 228 g/mol. The highest BCUT2D eigenvalue weighted by atomic mass is 79.9. The van der Waals surface area contributed by atoms with Crippen LogP contribution in [0.25, 0.3) is 0 Å². The Morgan fingerprint density at radius 2 is 1.85 bits per heavy atom. The molecule has 1 saturated carbocycles. The average Bonchev–Trinajstić information content (AvgIpc) is 2.06. The highest BCUT2D eigenvalue weighted by Gasteiger charge is 2.26. The van der Waals surface area contributed by atoms with Crippen molar-refractivity contribution in [3.05, 3.63) is 28.7 Å². The largest absolute Gasteiger partial charge is 0.490 e. The van der Waals surface area contributed by atoms with Crippen LogP contribution in [0.5, 0.6) is 5.75 Å². The smallest absolute Gasteiger partial charge is 0.119 e. The predicted molar refractivity (Wildman–Crippen MR) is 57.0 cm³/mol. The standard InChI is InChI=1S/C11H13BrO/c1-8-6-11(7-8)13-10-4-2-9(12)3-5-10/h2-5,8,11H,6-7H2,1H3. The molecule has 0 bridgehead atoms. The zero-order valence-corrected chi connectivity index (χ0v) is 9.25. The molecule has 0 radical (unpaired) electrons. The van der Waals surface area contributed by atoms with Crippen LogP contribution in [0.3, 0.4) is 0 Å². The molecule has 1 fully saturated rings. The van der Waals surface area contributed by atoms with E-state index in [9.17, 15) is 0 Å². The molecule has 0 unspecified atom stereocenters. The maximum Gasteiger partial charge on any atom is 0.119 e. The number of hydrogen-bond acceptors (Lipinski definition) is 1. The van der Waals surface area contributed by atoms with Crippen molar-refractivity contribution in [3.8, 4) is 5.75 Å². The number of hydrogen-bond donors (Lipinski definition) is 0. The molecule has 0 aliphatic heterocycles. The zero-order chi connectivity index (χ0) is 9.26. The van der Waals surface area contributed by atoms with Gasteiger partial charge in [-0.2, -0.15) is 0 Å². The summed E-state index contributed by atoms with van der Waals surface area (Å²) in [6, 6.07) is 8.04. The van der Waals surface area contributed by atoms with Gasteiger partial charge in [-0.05, 0) is 43.0 Å². The third kappa shape index (κ3) is 2.25. The molecule has 0 saturated heterocycles. The van der Waals surface area contributed by atoms with Gasteiger partial charge in [0.25, 0.3) is 0 Å². The van der Waals surface area contributed by atoms with Crippen LogP contribution in [0, 0.1) is 5.92 Å². The number of rotatable bonds is 2. The quantitative estimate of drug-likeness (QED) is 0.768. The van der Waals surface area contributed by atoms with Crippen molar-refractivity contribution in [3.63, 3.8) is 0 Å². The van der Waals surface area contributed by atoms with Crippen molar-refractivity contribution in [1.82, 2.24) is 0 Å². The molecule has 1 aliphatic carbocycles. The van der Waals surface area contributed by atoms with Crippen molar-refractivity contribution < 1.29 is 4.74 Å². The summed E-state index contributed by atoms with van der Waals surface area (Å²) in [6.07, 6.45) is 2.86. The first-order valence-electron chi connectivity index (χ1n) is 4.66. The molecular formula is C11H13BrO. The van der Waals surface area contributed by atoms with Crippen LogP contribution in [-0.4, -0.2) is 6.10 Å². The molecule has 0 N–H and O–H groups in total. The second-order valence-electron chi connectivity index (χ2n) is 3.77. The highest BCUT2D eigenvalue weighted by molar-refractivity contribution is 9.10. The molecule has 1 aromatic carbocycles. The van der Waals surface area contributed by atoms with Crippen LogP contribution in [0.1, 0.15) is 19.8 Å². The predicted octanol–water partition coefficient (Wildman–Crippen LogP) is 3.63. The average molecular weight is 241 g/mol. The number of ether oxygens (including phenoxy) is 1. The van der Waals surface area contributed by atoms with Gasteiger partial charge in [0.1, 0.15) is 5.75 Å². The van der Waals surface area contributed by atoms with E-state index in [1.807, 2.05) is 24.3 Å². The van der Waals surface area contributed by atoms with Crippen molar-refractivity contribution >= 4 is 15.9 Å². The van der Waals surface area contributed by atoms with Gasteiger partial charge in [-0.25, -0.2) is 0 Å². The molecule has 0 heterocycles. The highest BCUT2D eigenvalue weighted by Crippen LogP contribution is 2.30. The van der Waals surface area contributed by atoms with E-state index in [2.05, 4.69) is 22.9 Å². The molecule has 0 aromatic heterocycles. The topological polar surface area (TPSA) is 9.23 Å². The summed E-state index contributed by atoms with van der Waals surface area (Å²) >= 11 is 3.40. The van der Waals surface area contributed by atoms with E-state index in [1.54, 1.807) is 0 Å². The summed E-state index contributed by atoms with van der Waals surface area (Å²) in [5.74, 6) is 1.83. The molecule has 2 heteroatoms. The van der Waals surface area contributed by atoms with Gasteiger partial charge >= 0.3 is 0 Å². The van der Waals surface area contributed by atoms with Crippen LogP contribution in [-0.2, 0) is 0 Å². The van der Waals surface area contributed by atoms with Crippen molar-refractivity contribution in [2.24, 2.45) is 5.92 Å². The fraction of sp³-hybridized carbons (Fsp3) is 0.455. The third-order valence-corrected chi connectivity index (χ3v) is 2.98. The fourth-order valence-corrected chi connectivity index (χ4v) is 1.89. The van der Waals surface area contributed by atoms with E-state index in [4.69, 9.17) is 4.74 Å². The van der Waals surface area contributed by atoms with Crippen LogP contribution in [0.4, 0.5) is 0 Å². The van der Waals surface area contributed by atoms with E-state index in [-0.39, 0.29) is 0 Å². The minimum Gasteiger partial charge on any atom is -0.490 e. The lowest BCUT2D eigenvalue weighted by Crippen LogP contribution is -2.31. The summed E-state index contributed by atoms with van der Waals surface area (Å²) in [7, 11) is 0. The minimum absolute atomic E-state index is 0.455. The number of halogens is 1. The Morgan fingerprint density at radius 3 is 2.38 bits per heavy atom. The lowest BCUT2D eigenvalue weighted by molar-refractivity contribution is 0.0739. The first-order chi connectivity index (χ1) is 6.24. The van der Waals surface area contributed by atoms with E-state index in [1.165, 1.54) is 12.8 Å². The Hall–Kier alpha value is -0.500. The summed E-state index contributed by atoms with van der Waals surface area (Å²) < 4.78 is 6.85. The molecule has 70 valence electrons. The molecule has 1 nitrogen and oxygen atoms in total. The Morgan fingerprint density at radius 1 is 1.23 bits per heavy atom. The summed E-state index contributed by atoms with van der Waals surface area (Å²) in [5.41, 5.74) is 0. The Bertz CT molecular complexity index is 275. The second kappa shape index (κ2) is 3.70. The SMILES string of the molecule is CC1CC(Oc2ccc(Br)cc2)C1. The zero-order valence-electron chi connectivity index (χ0n) is 7.66. The first kappa shape index (κ1) is 9.07. The Labute approximate surface area is 87.2 Å². The Balaban J connectivity index is 1.91. The fourth-order valence-electron chi connectivity index (χ4n) is 1.63. The molecule has 0 amide bonds. The van der Waals surface area contributed by atoms with Gasteiger partial charge in [0.2, 0.25) is 0 Å². The summed E-state index contributed by atoms with van der Waals surface area (Å²) in [5, 5.41) is 0. The van der Waals surface area contributed by atoms with Gasteiger partial charge in [-0.1, -0.05) is 22.9 Å². The van der Waals surface area contributed by atoms with Gasteiger partial charge in [0.05, 0.1) is 6.10 Å². The van der Waals surface area contributed by atoms with Crippen molar-refractivity contribution in [1.29, 1.82) is 0 Å². The first-order valence-corrected chi connectivity index (χ1v) is 5.45. The van der Waals surface area contributed by atoms with Crippen molar-refractivity contribution in [2.75, 3.05) is 0 Å². The van der Waals surface area contributed by atoms with Crippen molar-refractivity contribution in [2.45, 2.75) is 25.9 Å². The lowest BCUT2D eigenvalue weighted by atomic mass is 9.84. The molecule has 13 heavy (non-hydrogen) atoms. The van der Waals surface area contributed by atoms with Crippen LogP contribution in [0.2, 0.25) is 0 Å². The van der Waals surface area contributed by atoms with E-state index in [0.29, 0.717) is 6.10 Å². The van der Waals surface area contributed by atoms with Crippen LogP contribution < -0.4 is 4.74 Å². The van der Waals surface area contributed by atoms with E-state index < -0.39 is 0 Å². The molecule has 1 aromatic rings. The maximum absolute atomic E-state index is 5.75. The molecule has 0 atom stereocenters. The van der Waals surface area contributed by atoms with Gasteiger partial charge < -0.3 is 4.74 Å². The molecule has 1 aliphatic rings. The normalized spacial score (nSPS) is 26.6. The van der Waals surface area contributed by atoms with Gasteiger partial charge in [0.15, 0.2) is 0 Å². The molecule has 2 rings (SSSR count). The van der Waals surface area contributed by atoms with Crippen LogP contribution in [0.15, 0.2) is 28.7 Å². The van der Waals surface area contributed by atoms with Crippen LogP contribution >= 0.6 is 15.9 Å². The lowest BCUT2D eigenvalue weighted by Gasteiger charge is -2.32. The minimum atomic E-state index is 0.455. The maximum atomic E-state index is 5.75. The summed E-state index contributed by atoms with van der Waals surface area (Å²) in [6.45, 7) is 2.27. The van der Waals surface area contributed by atoms with Gasteiger partial charge in [-0.15, -0.1) is 0 Å². The van der Waals surface area contributed by atoms with Gasteiger partial charge in [0, 0.05) is 4.47 Å². The monoisotopic (exact) mass is 240 g/mol. The van der Waals surface area contributed by atoms with E-state index >= 15 is 0 Å².